The van der Waals surface area contributed by atoms with Crippen LogP contribution in [0.25, 0.3) is 16.9 Å². The van der Waals surface area contributed by atoms with Gasteiger partial charge in [0.2, 0.25) is 0 Å². The van der Waals surface area contributed by atoms with Crippen LogP contribution in [0.1, 0.15) is 11.3 Å². The Labute approximate surface area is 153 Å². The molecule has 130 valence electrons. The van der Waals surface area contributed by atoms with Gasteiger partial charge >= 0.3 is 0 Å². The van der Waals surface area contributed by atoms with Gasteiger partial charge in [0.15, 0.2) is 0 Å². The summed E-state index contributed by atoms with van der Waals surface area (Å²) in [5, 5.41) is 0. The van der Waals surface area contributed by atoms with Gasteiger partial charge in [0.25, 0.3) is 0 Å². The van der Waals surface area contributed by atoms with Crippen LogP contribution in [0, 0.1) is 0 Å². The number of rotatable bonds is 5. The van der Waals surface area contributed by atoms with Crippen molar-refractivity contribution in [2.75, 3.05) is 12.8 Å². The zero-order valence-electron chi connectivity index (χ0n) is 14.8. The molecule has 2 aromatic carbocycles. The van der Waals surface area contributed by atoms with E-state index in [1.165, 1.54) is 5.56 Å². The first-order valence-corrected chi connectivity index (χ1v) is 8.75. The second-order valence-electron chi connectivity index (χ2n) is 6.62. The Morgan fingerprint density at radius 2 is 1.58 bits per heavy atom. The Morgan fingerprint density at radius 1 is 0.885 bits per heavy atom. The molecule has 0 saturated carbocycles. The van der Waals surface area contributed by atoms with E-state index in [0.717, 1.165) is 41.4 Å². The van der Waals surface area contributed by atoms with Crippen molar-refractivity contribution in [1.82, 2.24) is 14.3 Å². The normalized spacial score (nSPS) is 11.3. The van der Waals surface area contributed by atoms with E-state index in [1.807, 2.05) is 42.6 Å². The van der Waals surface area contributed by atoms with E-state index in [4.69, 9.17) is 10.7 Å². The lowest BCUT2D eigenvalue weighted by Gasteiger charge is -2.17. The summed E-state index contributed by atoms with van der Waals surface area (Å²) in [6.07, 6.45) is 1.96. The molecule has 0 aliphatic carbocycles. The maximum absolute atomic E-state index is 6.03. The summed E-state index contributed by atoms with van der Waals surface area (Å²) in [6, 6.07) is 24.7. The number of nitrogens with zero attached hydrogens (tertiary/aromatic N) is 3. The smallest absolute Gasteiger partial charge is 0.137 e. The topological polar surface area (TPSA) is 46.6 Å². The number of hydrogen-bond donors (Lipinski definition) is 1. The molecule has 4 nitrogen and oxygen atoms in total. The standard InChI is InChI=1S/C22H22N4/c1-25(14-17-8-4-2-5-9-17)16-20-22(18-10-6-3-7-11-18)24-21-13-12-19(23)15-26(20)21/h2-13,15H,14,16,23H2,1H3. The highest BCUT2D eigenvalue weighted by atomic mass is 15.1. The number of pyridine rings is 1. The first kappa shape index (κ1) is 16.4. The molecule has 0 saturated heterocycles. The molecule has 2 heterocycles. The molecule has 0 spiro atoms. The van der Waals surface area contributed by atoms with Gasteiger partial charge in [-0.25, -0.2) is 4.98 Å². The Balaban J connectivity index is 1.73. The minimum atomic E-state index is 0.737. The van der Waals surface area contributed by atoms with Gasteiger partial charge in [-0.05, 0) is 24.7 Å². The molecule has 4 aromatic rings. The second kappa shape index (κ2) is 7.02. The molecular formula is C22H22N4. The minimum Gasteiger partial charge on any atom is -0.398 e. The lowest BCUT2D eigenvalue weighted by Crippen LogP contribution is -2.18. The second-order valence-corrected chi connectivity index (χ2v) is 6.62. The van der Waals surface area contributed by atoms with Crippen molar-refractivity contribution in [3.63, 3.8) is 0 Å². The molecule has 2 N–H and O–H groups in total. The Morgan fingerprint density at radius 3 is 2.31 bits per heavy atom. The molecule has 4 rings (SSSR count). The maximum Gasteiger partial charge on any atom is 0.137 e. The van der Waals surface area contributed by atoms with Crippen molar-refractivity contribution in [2.45, 2.75) is 13.1 Å². The summed E-state index contributed by atoms with van der Waals surface area (Å²) < 4.78 is 2.11. The van der Waals surface area contributed by atoms with Gasteiger partial charge in [-0.1, -0.05) is 60.7 Å². The molecule has 0 aliphatic rings. The number of benzene rings is 2. The molecule has 4 heteroatoms. The number of imidazole rings is 1. The summed E-state index contributed by atoms with van der Waals surface area (Å²) in [5.41, 5.74) is 12.3. The van der Waals surface area contributed by atoms with Crippen LogP contribution in [0.4, 0.5) is 5.69 Å². The maximum atomic E-state index is 6.03. The predicted octanol–water partition coefficient (Wildman–Crippen LogP) is 4.22. The van der Waals surface area contributed by atoms with Crippen LogP contribution in [-0.2, 0) is 13.1 Å². The van der Waals surface area contributed by atoms with Gasteiger partial charge in [-0.3, -0.25) is 4.90 Å². The number of aromatic nitrogens is 2. The van der Waals surface area contributed by atoms with Gasteiger partial charge in [0.1, 0.15) is 5.65 Å². The van der Waals surface area contributed by atoms with Crippen molar-refractivity contribution in [2.24, 2.45) is 0 Å². The highest BCUT2D eigenvalue weighted by Crippen LogP contribution is 2.26. The third-order valence-corrected chi connectivity index (χ3v) is 4.50. The molecule has 26 heavy (non-hydrogen) atoms. The van der Waals surface area contributed by atoms with Crippen molar-refractivity contribution in [3.05, 3.63) is 90.3 Å². The predicted molar refractivity (Wildman–Crippen MR) is 107 cm³/mol. The lowest BCUT2D eigenvalue weighted by molar-refractivity contribution is 0.314. The van der Waals surface area contributed by atoms with E-state index in [-0.39, 0.29) is 0 Å². The Bertz CT molecular complexity index is 1010. The average Bonchev–Trinajstić information content (AvgIpc) is 3.01. The molecule has 0 amide bonds. The molecule has 0 radical (unpaired) electrons. The minimum absolute atomic E-state index is 0.737. The van der Waals surface area contributed by atoms with Gasteiger partial charge in [-0.2, -0.15) is 0 Å². The van der Waals surface area contributed by atoms with Crippen LogP contribution in [-0.4, -0.2) is 21.3 Å². The van der Waals surface area contributed by atoms with E-state index in [9.17, 15) is 0 Å². The molecule has 0 bridgehead atoms. The fraction of sp³-hybridized carbons (Fsp3) is 0.136. The van der Waals surface area contributed by atoms with E-state index in [2.05, 4.69) is 52.7 Å². The van der Waals surface area contributed by atoms with Crippen molar-refractivity contribution in [1.29, 1.82) is 0 Å². The zero-order valence-corrected chi connectivity index (χ0v) is 14.8. The highest BCUT2D eigenvalue weighted by Gasteiger charge is 2.16. The quantitative estimate of drug-likeness (QED) is 0.591. The Hall–Kier alpha value is -3.11. The fourth-order valence-electron chi connectivity index (χ4n) is 3.29. The molecule has 0 atom stereocenters. The summed E-state index contributed by atoms with van der Waals surface area (Å²) in [6.45, 7) is 1.66. The van der Waals surface area contributed by atoms with Crippen molar-refractivity contribution < 1.29 is 0 Å². The summed E-state index contributed by atoms with van der Waals surface area (Å²) in [4.78, 5) is 7.16. The van der Waals surface area contributed by atoms with Crippen LogP contribution < -0.4 is 5.73 Å². The summed E-state index contributed by atoms with van der Waals surface area (Å²) >= 11 is 0. The molecular weight excluding hydrogens is 320 g/mol. The van der Waals surface area contributed by atoms with Gasteiger partial charge < -0.3 is 10.1 Å². The van der Waals surface area contributed by atoms with Gasteiger partial charge in [-0.15, -0.1) is 0 Å². The highest BCUT2D eigenvalue weighted by molar-refractivity contribution is 5.67. The number of nitrogens with two attached hydrogens (primary N) is 1. The number of nitrogen functional groups attached to an aromatic ring is 1. The lowest BCUT2D eigenvalue weighted by atomic mass is 10.1. The first-order valence-electron chi connectivity index (χ1n) is 8.75. The average molecular weight is 342 g/mol. The van der Waals surface area contributed by atoms with E-state index in [0.29, 0.717) is 0 Å². The van der Waals surface area contributed by atoms with Gasteiger partial charge in [0.05, 0.1) is 11.4 Å². The zero-order chi connectivity index (χ0) is 17.9. The molecule has 0 fully saturated rings. The summed E-state index contributed by atoms with van der Waals surface area (Å²) in [5.74, 6) is 0. The first-order chi connectivity index (χ1) is 12.7. The van der Waals surface area contributed by atoms with Crippen molar-refractivity contribution >= 4 is 11.3 Å². The summed E-state index contributed by atoms with van der Waals surface area (Å²) in [7, 11) is 2.13. The van der Waals surface area contributed by atoms with Crippen LogP contribution in [0.15, 0.2) is 79.0 Å². The Kier molecular flexibility index (Phi) is 4.42. The van der Waals surface area contributed by atoms with E-state index >= 15 is 0 Å². The molecule has 2 aromatic heterocycles. The van der Waals surface area contributed by atoms with Crippen LogP contribution in [0.5, 0.6) is 0 Å². The monoisotopic (exact) mass is 342 g/mol. The number of anilines is 1. The van der Waals surface area contributed by atoms with E-state index < -0.39 is 0 Å². The third kappa shape index (κ3) is 3.32. The number of fused-ring (bicyclic) bond motifs is 1. The largest absolute Gasteiger partial charge is 0.398 e. The third-order valence-electron chi connectivity index (χ3n) is 4.50. The molecule has 0 aliphatic heterocycles. The number of hydrogen-bond acceptors (Lipinski definition) is 3. The SMILES string of the molecule is CN(Cc1ccccc1)Cc1c(-c2ccccc2)nc2ccc(N)cn12. The fourth-order valence-corrected chi connectivity index (χ4v) is 3.29. The van der Waals surface area contributed by atoms with Gasteiger partial charge in [0, 0.05) is 30.5 Å². The van der Waals surface area contributed by atoms with Crippen LogP contribution in [0.2, 0.25) is 0 Å². The van der Waals surface area contributed by atoms with Crippen molar-refractivity contribution in [3.8, 4) is 11.3 Å². The van der Waals surface area contributed by atoms with Crippen LogP contribution in [0.3, 0.4) is 0 Å². The molecule has 0 unspecified atom stereocenters. The van der Waals surface area contributed by atoms with E-state index in [1.54, 1.807) is 0 Å². The van der Waals surface area contributed by atoms with Crippen LogP contribution >= 0.6 is 0 Å².